The van der Waals surface area contributed by atoms with E-state index in [1.54, 1.807) is 0 Å². The first kappa shape index (κ1) is 7.77. The molecule has 0 aliphatic heterocycles. The van der Waals surface area contributed by atoms with Gasteiger partial charge in [-0.25, -0.2) is 0 Å². The topological polar surface area (TPSA) is 26.0 Å². The average molecular weight is 181 g/mol. The van der Waals surface area contributed by atoms with Crippen LogP contribution >= 0.6 is 0 Å². The summed E-state index contributed by atoms with van der Waals surface area (Å²) in [5, 5.41) is 2.62. The quantitative estimate of drug-likeness (QED) is 0.618. The molecule has 0 saturated carbocycles. The minimum absolute atomic E-state index is 0.0688. The molecule has 1 unspecified atom stereocenters. The molecule has 2 aliphatic rings. The zero-order valence-corrected chi connectivity index (χ0v) is 7.77. The van der Waals surface area contributed by atoms with E-state index in [4.69, 9.17) is 5.73 Å². The van der Waals surface area contributed by atoms with Crippen LogP contribution in [0.25, 0.3) is 11.6 Å². The molecule has 0 spiro atoms. The standard InChI is InChI=1S/C13H11N/c14-11-5-6-13-10(8-11)7-9-3-1-2-4-12(9)13/h1-8,11H,14H2. The first-order chi connectivity index (χ1) is 6.84. The molecule has 3 rings (SSSR count). The van der Waals surface area contributed by atoms with Gasteiger partial charge in [0, 0.05) is 6.04 Å². The van der Waals surface area contributed by atoms with Crippen molar-refractivity contribution in [2.45, 2.75) is 6.04 Å². The maximum Gasteiger partial charge on any atom is 0.0422 e. The van der Waals surface area contributed by atoms with E-state index in [1.165, 1.54) is 21.6 Å². The highest BCUT2D eigenvalue weighted by Gasteiger charge is 2.12. The van der Waals surface area contributed by atoms with E-state index in [0.29, 0.717) is 0 Å². The van der Waals surface area contributed by atoms with E-state index in [0.717, 1.165) is 0 Å². The van der Waals surface area contributed by atoms with E-state index < -0.39 is 0 Å². The highest BCUT2D eigenvalue weighted by molar-refractivity contribution is 5.88. The van der Waals surface area contributed by atoms with Gasteiger partial charge in [0.2, 0.25) is 0 Å². The molecule has 0 amide bonds. The number of rotatable bonds is 0. The predicted octanol–water partition coefficient (Wildman–Crippen LogP) is 0.455. The van der Waals surface area contributed by atoms with Gasteiger partial charge in [0.15, 0.2) is 0 Å². The fourth-order valence-corrected chi connectivity index (χ4v) is 2.06. The first-order valence-corrected chi connectivity index (χ1v) is 4.82. The van der Waals surface area contributed by atoms with E-state index in [2.05, 4.69) is 42.5 Å². The Morgan fingerprint density at radius 2 is 2.00 bits per heavy atom. The lowest BCUT2D eigenvalue weighted by Gasteiger charge is -2.09. The molecule has 0 radical (unpaired) electrons. The summed E-state index contributed by atoms with van der Waals surface area (Å²) in [6.07, 6.45) is 8.47. The van der Waals surface area contributed by atoms with Crippen molar-refractivity contribution in [1.29, 1.82) is 0 Å². The van der Waals surface area contributed by atoms with Gasteiger partial charge in [-0.15, -0.1) is 0 Å². The largest absolute Gasteiger partial charge is 0.321 e. The number of fused-ring (bicyclic) bond motifs is 2. The summed E-state index contributed by atoms with van der Waals surface area (Å²) in [5.74, 6) is 0. The molecule has 1 heteroatoms. The van der Waals surface area contributed by atoms with Crippen molar-refractivity contribution in [2.24, 2.45) is 5.73 Å². The molecule has 1 aromatic rings. The Bertz CT molecular complexity index is 561. The molecule has 1 aromatic carbocycles. The number of allylic oxidation sites excluding steroid dienone is 2. The summed E-state index contributed by atoms with van der Waals surface area (Å²) < 4.78 is 0. The Morgan fingerprint density at radius 1 is 1.14 bits per heavy atom. The lowest BCUT2D eigenvalue weighted by atomic mass is 9.99. The second kappa shape index (κ2) is 2.69. The summed E-state index contributed by atoms with van der Waals surface area (Å²) in [5.41, 5.74) is 8.40. The Morgan fingerprint density at radius 3 is 2.93 bits per heavy atom. The number of hydrogen-bond acceptors (Lipinski definition) is 1. The minimum Gasteiger partial charge on any atom is -0.321 e. The summed E-state index contributed by atoms with van der Waals surface area (Å²) >= 11 is 0. The summed E-state index contributed by atoms with van der Waals surface area (Å²) in [4.78, 5) is 0. The Kier molecular flexibility index (Phi) is 1.49. The van der Waals surface area contributed by atoms with Crippen molar-refractivity contribution in [3.05, 3.63) is 58.5 Å². The highest BCUT2D eigenvalue weighted by atomic mass is 14.6. The Labute approximate surface area is 82.6 Å². The van der Waals surface area contributed by atoms with Gasteiger partial charge in [0.25, 0.3) is 0 Å². The molecule has 0 heterocycles. The van der Waals surface area contributed by atoms with Crippen LogP contribution in [0, 0.1) is 0 Å². The molecule has 2 N–H and O–H groups in total. The molecule has 68 valence electrons. The third-order valence-electron chi connectivity index (χ3n) is 2.73. The maximum atomic E-state index is 5.83. The molecular formula is C13H11N. The highest BCUT2D eigenvalue weighted by Crippen LogP contribution is 2.20. The van der Waals surface area contributed by atoms with Crippen LogP contribution in [0.4, 0.5) is 0 Å². The molecule has 0 saturated heterocycles. The van der Waals surface area contributed by atoms with Crippen molar-refractivity contribution in [3.63, 3.8) is 0 Å². The van der Waals surface area contributed by atoms with E-state index >= 15 is 0 Å². The fraction of sp³-hybridized carbons (Fsp3) is 0.0769. The van der Waals surface area contributed by atoms with Gasteiger partial charge in [-0.1, -0.05) is 42.5 Å². The molecule has 0 fully saturated rings. The third kappa shape index (κ3) is 0.994. The summed E-state index contributed by atoms with van der Waals surface area (Å²) in [6.45, 7) is 0. The van der Waals surface area contributed by atoms with Crippen LogP contribution in [0.5, 0.6) is 0 Å². The Balaban J connectivity index is 2.40. The second-order valence-electron chi connectivity index (χ2n) is 3.70. The van der Waals surface area contributed by atoms with Crippen LogP contribution in [0.15, 0.2) is 48.1 Å². The summed E-state index contributed by atoms with van der Waals surface area (Å²) in [6, 6.07) is 8.51. The maximum absolute atomic E-state index is 5.83. The van der Waals surface area contributed by atoms with E-state index in [9.17, 15) is 0 Å². The Hall–Kier alpha value is -1.60. The molecule has 0 aromatic heterocycles. The number of benzene rings is 1. The van der Waals surface area contributed by atoms with Crippen molar-refractivity contribution in [2.75, 3.05) is 0 Å². The fourth-order valence-electron chi connectivity index (χ4n) is 2.06. The zero-order valence-electron chi connectivity index (χ0n) is 7.77. The average Bonchev–Trinajstić information content (AvgIpc) is 2.54. The van der Waals surface area contributed by atoms with Crippen LogP contribution in [0.1, 0.15) is 0 Å². The van der Waals surface area contributed by atoms with Crippen molar-refractivity contribution < 1.29 is 0 Å². The van der Waals surface area contributed by atoms with Gasteiger partial charge in [0.1, 0.15) is 0 Å². The monoisotopic (exact) mass is 181 g/mol. The van der Waals surface area contributed by atoms with Crippen molar-refractivity contribution in [3.8, 4) is 0 Å². The van der Waals surface area contributed by atoms with Gasteiger partial charge in [-0.2, -0.15) is 0 Å². The van der Waals surface area contributed by atoms with Gasteiger partial charge in [-0.3, -0.25) is 0 Å². The van der Waals surface area contributed by atoms with Crippen LogP contribution in [-0.2, 0) is 0 Å². The lowest BCUT2D eigenvalue weighted by Crippen LogP contribution is -2.22. The van der Waals surface area contributed by atoms with Crippen LogP contribution in [0.3, 0.4) is 0 Å². The second-order valence-corrected chi connectivity index (χ2v) is 3.70. The molecule has 14 heavy (non-hydrogen) atoms. The van der Waals surface area contributed by atoms with Crippen LogP contribution in [-0.4, -0.2) is 6.04 Å². The minimum atomic E-state index is 0.0688. The van der Waals surface area contributed by atoms with Crippen LogP contribution < -0.4 is 16.2 Å². The van der Waals surface area contributed by atoms with Crippen LogP contribution in [0.2, 0.25) is 0 Å². The molecular weight excluding hydrogens is 170 g/mol. The lowest BCUT2D eigenvalue weighted by molar-refractivity contribution is 1.02. The van der Waals surface area contributed by atoms with Gasteiger partial charge >= 0.3 is 0 Å². The SMILES string of the molecule is NC1C=CC2=c3ccccc3=CC2=C1. The predicted molar refractivity (Wildman–Crippen MR) is 58.8 cm³/mol. The molecule has 1 nitrogen and oxygen atoms in total. The van der Waals surface area contributed by atoms with E-state index in [1.807, 2.05) is 6.08 Å². The molecule has 2 aliphatic carbocycles. The third-order valence-corrected chi connectivity index (χ3v) is 2.73. The van der Waals surface area contributed by atoms with Gasteiger partial charge < -0.3 is 5.73 Å². The molecule has 1 atom stereocenters. The normalized spacial score (nSPS) is 22.5. The number of hydrogen-bond donors (Lipinski definition) is 1. The van der Waals surface area contributed by atoms with E-state index in [-0.39, 0.29) is 6.04 Å². The van der Waals surface area contributed by atoms with Gasteiger partial charge in [0.05, 0.1) is 0 Å². The zero-order chi connectivity index (χ0) is 9.54. The van der Waals surface area contributed by atoms with Crippen molar-refractivity contribution in [1.82, 2.24) is 0 Å². The smallest absolute Gasteiger partial charge is 0.0422 e. The summed E-state index contributed by atoms with van der Waals surface area (Å²) in [7, 11) is 0. The molecule has 0 bridgehead atoms. The van der Waals surface area contributed by atoms with Gasteiger partial charge in [-0.05, 0) is 27.7 Å². The first-order valence-electron chi connectivity index (χ1n) is 4.82. The van der Waals surface area contributed by atoms with Crippen molar-refractivity contribution >= 4 is 11.6 Å². The number of nitrogens with two attached hydrogens (primary N) is 1.